The minimum Gasteiger partial charge on any atom is -0.309 e. The van der Waals surface area contributed by atoms with Crippen LogP contribution < -0.4 is 0 Å². The van der Waals surface area contributed by atoms with Gasteiger partial charge in [0, 0.05) is 54.3 Å². The Bertz CT molecular complexity index is 4630. The second kappa shape index (κ2) is 15.2. The van der Waals surface area contributed by atoms with Gasteiger partial charge in [0.2, 0.25) is 0 Å². The zero-order chi connectivity index (χ0) is 47.6. The second-order valence-electron chi connectivity index (χ2n) is 18.6. The molecule has 0 atom stereocenters. The highest BCUT2D eigenvalue weighted by molar-refractivity contribution is 6.20. The van der Waals surface area contributed by atoms with Crippen LogP contribution in [0, 0.1) is 22.7 Å². The minimum absolute atomic E-state index is 0.389. The van der Waals surface area contributed by atoms with Crippen molar-refractivity contribution in [1.29, 1.82) is 10.5 Å². The van der Waals surface area contributed by atoms with E-state index in [2.05, 4.69) is 261 Å². The first kappa shape index (κ1) is 39.8. The van der Waals surface area contributed by atoms with Crippen molar-refractivity contribution in [1.82, 2.24) is 18.3 Å². The zero-order valence-corrected chi connectivity index (χ0v) is 38.6. The number of nitrogens with zero attached hydrogens (tertiary/aromatic N) is 6. The number of benzene rings is 11. The van der Waals surface area contributed by atoms with Gasteiger partial charge in [0.05, 0.1) is 61.2 Å². The molecule has 6 heteroatoms. The minimum atomic E-state index is 0.389. The smallest absolute Gasteiger partial charge is 0.104 e. The summed E-state index contributed by atoms with van der Waals surface area (Å²) in [7, 11) is 0. The third-order valence-corrected chi connectivity index (χ3v) is 15.0. The molecule has 0 fully saturated rings. The molecule has 0 saturated carbocycles. The van der Waals surface area contributed by atoms with Crippen molar-refractivity contribution in [3.05, 3.63) is 242 Å². The molecule has 332 valence electrons. The fourth-order valence-electron chi connectivity index (χ4n) is 12.1. The predicted octanol–water partition coefficient (Wildman–Crippen LogP) is 16.6. The number of aromatic nitrogens is 4. The van der Waals surface area contributed by atoms with Gasteiger partial charge in [-0.05, 0) is 83.1 Å². The van der Waals surface area contributed by atoms with Crippen molar-refractivity contribution in [3.63, 3.8) is 0 Å². The summed E-state index contributed by atoms with van der Waals surface area (Å²) < 4.78 is 9.14. The predicted molar refractivity (Wildman–Crippen MR) is 296 cm³/mol. The Kier molecular flexibility index (Phi) is 8.39. The third kappa shape index (κ3) is 5.41. The number of rotatable bonds is 5. The van der Waals surface area contributed by atoms with E-state index >= 15 is 0 Å². The first-order valence-corrected chi connectivity index (χ1v) is 24.2. The summed E-state index contributed by atoms with van der Waals surface area (Å²) in [5, 5.41) is 35.4. The first-order valence-electron chi connectivity index (χ1n) is 24.2. The maximum absolute atomic E-state index is 12.4. The molecule has 4 aromatic heterocycles. The van der Waals surface area contributed by atoms with Crippen LogP contribution in [0.25, 0.3) is 132 Å². The molecule has 0 N–H and O–H groups in total. The fraction of sp³-hybridized carbons (Fsp3) is 0. The van der Waals surface area contributed by atoms with Crippen LogP contribution in [0.4, 0.5) is 0 Å². The molecule has 0 aliphatic carbocycles. The van der Waals surface area contributed by atoms with E-state index in [1.165, 1.54) is 0 Å². The van der Waals surface area contributed by atoms with Crippen LogP contribution in [0.1, 0.15) is 11.1 Å². The fourth-order valence-corrected chi connectivity index (χ4v) is 12.1. The molecule has 4 heterocycles. The van der Waals surface area contributed by atoms with E-state index in [0.717, 1.165) is 115 Å². The van der Waals surface area contributed by atoms with Crippen LogP contribution >= 0.6 is 0 Å². The lowest BCUT2D eigenvalue weighted by Crippen LogP contribution is -2.14. The summed E-state index contributed by atoms with van der Waals surface area (Å²) in [6.07, 6.45) is 0. The summed E-state index contributed by atoms with van der Waals surface area (Å²) in [5.41, 5.74) is 13.2. The molecular weight excluding hydrogens is 877 g/mol. The third-order valence-electron chi connectivity index (χ3n) is 15.0. The van der Waals surface area contributed by atoms with Crippen molar-refractivity contribution in [2.24, 2.45) is 0 Å². The van der Waals surface area contributed by atoms with Gasteiger partial charge in [-0.1, -0.05) is 164 Å². The number of hydrogen-bond acceptors (Lipinski definition) is 2. The Morgan fingerprint density at radius 3 is 1.06 bits per heavy atom. The average Bonchev–Trinajstić information content (AvgIpc) is 4.17. The van der Waals surface area contributed by atoms with Crippen molar-refractivity contribution in [2.75, 3.05) is 0 Å². The summed E-state index contributed by atoms with van der Waals surface area (Å²) in [5.74, 6) is 0. The Labute approximate surface area is 412 Å². The molecule has 6 nitrogen and oxygen atoms in total. The van der Waals surface area contributed by atoms with E-state index in [-0.39, 0.29) is 0 Å². The van der Waals surface area contributed by atoms with E-state index in [9.17, 15) is 10.5 Å². The molecule has 15 rings (SSSR count). The molecule has 0 aliphatic rings. The Morgan fingerprint density at radius 2 is 0.611 bits per heavy atom. The van der Waals surface area contributed by atoms with E-state index in [4.69, 9.17) is 0 Å². The summed E-state index contributed by atoms with van der Waals surface area (Å²) in [6.45, 7) is 0. The quantitative estimate of drug-likeness (QED) is 0.173. The Morgan fingerprint density at radius 1 is 0.264 bits per heavy atom. The van der Waals surface area contributed by atoms with Crippen LogP contribution in [0.2, 0.25) is 0 Å². The monoisotopic (exact) mass is 914 g/mol. The van der Waals surface area contributed by atoms with Gasteiger partial charge >= 0.3 is 0 Å². The second-order valence-corrected chi connectivity index (χ2v) is 18.6. The number of fused-ring (bicyclic) bond motifs is 13. The highest BCUT2D eigenvalue weighted by Crippen LogP contribution is 2.50. The van der Waals surface area contributed by atoms with Crippen LogP contribution in [-0.4, -0.2) is 18.3 Å². The zero-order valence-electron chi connectivity index (χ0n) is 38.6. The SMILES string of the molecule is N#Cc1c(-n2c3ccccc3c3cc4c(cc32)c2ccccc2n4-c2ccccc2)c(C#N)c(-n2c3ccccc3c3ccccc32)c(-c2ccc3ccccc3c2)c1-n1c2ccccc2c2ccccc21. The first-order chi connectivity index (χ1) is 35.7. The number of hydrogen-bond donors (Lipinski definition) is 0. The Balaban J connectivity index is 1.22. The molecule has 11 aromatic carbocycles. The molecule has 0 unspecified atom stereocenters. The normalized spacial score (nSPS) is 11.9. The lowest BCUT2D eigenvalue weighted by Gasteiger charge is -2.26. The maximum atomic E-state index is 12.4. The van der Waals surface area contributed by atoms with Crippen molar-refractivity contribution < 1.29 is 0 Å². The van der Waals surface area contributed by atoms with Gasteiger partial charge in [-0.3, -0.25) is 0 Å². The van der Waals surface area contributed by atoms with Gasteiger partial charge < -0.3 is 18.3 Å². The summed E-state index contributed by atoms with van der Waals surface area (Å²) in [6, 6.07) is 86.6. The summed E-state index contributed by atoms with van der Waals surface area (Å²) >= 11 is 0. The summed E-state index contributed by atoms with van der Waals surface area (Å²) in [4.78, 5) is 0. The van der Waals surface area contributed by atoms with Gasteiger partial charge in [0.1, 0.15) is 23.3 Å². The highest BCUT2D eigenvalue weighted by Gasteiger charge is 2.33. The van der Waals surface area contributed by atoms with Crippen molar-refractivity contribution in [2.45, 2.75) is 0 Å². The molecule has 0 saturated heterocycles. The molecule has 72 heavy (non-hydrogen) atoms. The van der Waals surface area contributed by atoms with Crippen LogP contribution in [0.15, 0.2) is 231 Å². The topological polar surface area (TPSA) is 67.3 Å². The van der Waals surface area contributed by atoms with Gasteiger partial charge in [-0.25, -0.2) is 0 Å². The highest BCUT2D eigenvalue weighted by atomic mass is 15.1. The average molecular weight is 915 g/mol. The van der Waals surface area contributed by atoms with E-state index in [0.29, 0.717) is 28.2 Å². The van der Waals surface area contributed by atoms with Gasteiger partial charge in [0.15, 0.2) is 0 Å². The molecule has 0 amide bonds. The van der Waals surface area contributed by atoms with Gasteiger partial charge in [-0.15, -0.1) is 0 Å². The molecule has 0 radical (unpaired) electrons. The lowest BCUT2D eigenvalue weighted by molar-refractivity contribution is 1.08. The van der Waals surface area contributed by atoms with E-state index in [1.54, 1.807) is 0 Å². The maximum Gasteiger partial charge on any atom is 0.104 e. The van der Waals surface area contributed by atoms with Crippen molar-refractivity contribution in [3.8, 4) is 46.0 Å². The van der Waals surface area contributed by atoms with Gasteiger partial charge in [-0.2, -0.15) is 10.5 Å². The molecule has 0 spiro atoms. The molecule has 0 aliphatic heterocycles. The number of para-hydroxylation sites is 7. The van der Waals surface area contributed by atoms with Gasteiger partial charge in [0.25, 0.3) is 0 Å². The molecule has 15 aromatic rings. The van der Waals surface area contributed by atoms with E-state index < -0.39 is 0 Å². The van der Waals surface area contributed by atoms with Crippen LogP contribution in [0.5, 0.6) is 0 Å². The molecule has 0 bridgehead atoms. The standard InChI is InChI=1S/C66H38N6/c67-39-53-64(72-60-33-17-11-27-50(60)52-37-61-51(38-62(52)72)49-26-10-12-28-55(49)69(61)44-20-2-1-3-21-44)54(40-68)66(71-58-31-15-8-24-47(58)48-25-9-16-32-59(48)71)63(43-35-34-41-18-4-5-19-42(41)36-43)65(53)70-56-29-13-6-22-45(56)46-23-7-14-30-57(46)70/h1-38H. The number of nitriles is 2. The molecular formula is C66H38N6. The van der Waals surface area contributed by atoms with Crippen molar-refractivity contribution >= 4 is 98.0 Å². The van der Waals surface area contributed by atoms with Crippen LogP contribution in [0.3, 0.4) is 0 Å². The lowest BCUT2D eigenvalue weighted by atomic mass is 9.90. The van der Waals surface area contributed by atoms with Crippen LogP contribution in [-0.2, 0) is 0 Å². The largest absolute Gasteiger partial charge is 0.309 e. The van der Waals surface area contributed by atoms with E-state index in [1.807, 2.05) is 0 Å². The Hall–Kier alpha value is -10.1.